The van der Waals surface area contributed by atoms with Crippen molar-refractivity contribution in [2.45, 2.75) is 20.8 Å². The van der Waals surface area contributed by atoms with Gasteiger partial charge >= 0.3 is 5.97 Å². The number of nitrogens with one attached hydrogen (secondary N) is 2. The third-order valence-electron chi connectivity index (χ3n) is 3.74. The zero-order valence-electron chi connectivity index (χ0n) is 16.2. The minimum atomic E-state index is -1.03. The predicted molar refractivity (Wildman–Crippen MR) is 111 cm³/mol. The van der Waals surface area contributed by atoms with E-state index < -0.39 is 5.97 Å². The normalized spacial score (nSPS) is 10.7. The number of carboxylic acid groups (broad SMARTS) is 1. The number of amides is 1. The van der Waals surface area contributed by atoms with Gasteiger partial charge in [-0.3, -0.25) is 4.79 Å². The van der Waals surface area contributed by atoms with Crippen molar-refractivity contribution in [2.24, 2.45) is 0 Å². The molecule has 142 valence electrons. The topological polar surface area (TPSA) is 78.4 Å². The average Bonchev–Trinajstić information content (AvgIpc) is 2.70. The quantitative estimate of drug-likeness (QED) is 0.520. The average molecular weight is 366 g/mol. The van der Waals surface area contributed by atoms with Crippen LogP contribution < -0.4 is 10.6 Å². The molecule has 0 bridgehead atoms. The molecular formula is C22H26N2O3. The van der Waals surface area contributed by atoms with Crippen LogP contribution in [-0.2, 0) is 4.79 Å². The van der Waals surface area contributed by atoms with Crippen LogP contribution in [0.4, 0.5) is 5.69 Å². The van der Waals surface area contributed by atoms with Crippen LogP contribution in [0.2, 0.25) is 0 Å². The molecular weight excluding hydrogens is 340 g/mol. The molecule has 0 spiro atoms. The molecule has 5 heteroatoms. The summed E-state index contributed by atoms with van der Waals surface area (Å²) in [7, 11) is 1.53. The van der Waals surface area contributed by atoms with Gasteiger partial charge in [0, 0.05) is 18.3 Å². The van der Waals surface area contributed by atoms with Crippen molar-refractivity contribution in [1.82, 2.24) is 5.32 Å². The van der Waals surface area contributed by atoms with Gasteiger partial charge in [0.2, 0.25) is 0 Å². The molecule has 27 heavy (non-hydrogen) atoms. The van der Waals surface area contributed by atoms with Crippen LogP contribution >= 0.6 is 0 Å². The number of para-hydroxylation sites is 1. The summed E-state index contributed by atoms with van der Waals surface area (Å²) < 4.78 is 0. The van der Waals surface area contributed by atoms with E-state index in [-0.39, 0.29) is 11.5 Å². The fourth-order valence-electron chi connectivity index (χ4n) is 2.41. The molecule has 2 rings (SSSR count). The van der Waals surface area contributed by atoms with E-state index in [0.29, 0.717) is 16.8 Å². The summed E-state index contributed by atoms with van der Waals surface area (Å²) in [5.41, 5.74) is 3.22. The van der Waals surface area contributed by atoms with Gasteiger partial charge in [-0.05, 0) is 36.8 Å². The summed E-state index contributed by atoms with van der Waals surface area (Å²) in [6, 6.07) is 14.2. The largest absolute Gasteiger partial charge is 0.478 e. The van der Waals surface area contributed by atoms with Gasteiger partial charge in [0.1, 0.15) is 0 Å². The van der Waals surface area contributed by atoms with Crippen LogP contribution in [0.3, 0.4) is 0 Å². The number of aryl methyl sites for hydroxylation is 1. The zero-order valence-corrected chi connectivity index (χ0v) is 16.2. The zero-order chi connectivity index (χ0) is 20.4. The molecule has 0 aliphatic heterocycles. The van der Waals surface area contributed by atoms with Crippen LogP contribution in [0.15, 0.2) is 66.8 Å². The molecule has 0 radical (unpaired) electrons. The van der Waals surface area contributed by atoms with Gasteiger partial charge in [0.15, 0.2) is 0 Å². The standard InChI is InChI=1S/C20H20N2O3.C2H6/c1-4-16(19(23)21-3)18(22-15-8-6-5-7-9-15)17-12-14(20(24)25)11-10-13(17)2;1-2/h4-12,22H,1H2,2-3H3,(H,21,23)(H,24,25);1-2H3/b18-16-;. The molecule has 0 aliphatic rings. The molecule has 0 heterocycles. The van der Waals surface area contributed by atoms with E-state index in [1.807, 2.05) is 51.1 Å². The first-order valence-corrected chi connectivity index (χ1v) is 8.73. The highest BCUT2D eigenvalue weighted by Gasteiger charge is 2.17. The van der Waals surface area contributed by atoms with Crippen LogP contribution in [-0.4, -0.2) is 24.0 Å². The Morgan fingerprint density at radius 2 is 1.70 bits per heavy atom. The molecule has 0 aromatic heterocycles. The van der Waals surface area contributed by atoms with Gasteiger partial charge in [-0.1, -0.05) is 50.8 Å². The maximum atomic E-state index is 12.3. The number of carboxylic acids is 1. The maximum absolute atomic E-state index is 12.3. The lowest BCUT2D eigenvalue weighted by atomic mass is 9.98. The number of likely N-dealkylation sites (N-methyl/N-ethyl adjacent to an activating group) is 1. The highest BCUT2D eigenvalue weighted by Crippen LogP contribution is 2.26. The van der Waals surface area contributed by atoms with Crippen molar-refractivity contribution in [3.8, 4) is 0 Å². The minimum Gasteiger partial charge on any atom is -0.478 e. The van der Waals surface area contributed by atoms with Gasteiger partial charge in [-0.25, -0.2) is 4.79 Å². The van der Waals surface area contributed by atoms with Crippen LogP contribution in [0.25, 0.3) is 5.70 Å². The lowest BCUT2D eigenvalue weighted by molar-refractivity contribution is -0.116. The van der Waals surface area contributed by atoms with Crippen LogP contribution in [0.5, 0.6) is 0 Å². The first kappa shape index (κ1) is 21.7. The summed E-state index contributed by atoms with van der Waals surface area (Å²) in [4.78, 5) is 23.6. The second kappa shape index (κ2) is 10.6. The summed E-state index contributed by atoms with van der Waals surface area (Å²) in [6.45, 7) is 9.59. The Morgan fingerprint density at radius 3 is 2.22 bits per heavy atom. The van der Waals surface area contributed by atoms with Crippen molar-refractivity contribution in [2.75, 3.05) is 12.4 Å². The van der Waals surface area contributed by atoms with E-state index in [2.05, 4.69) is 17.2 Å². The van der Waals surface area contributed by atoms with Crippen LogP contribution in [0, 0.1) is 6.92 Å². The van der Waals surface area contributed by atoms with E-state index in [1.54, 1.807) is 12.1 Å². The fraction of sp³-hybridized carbons (Fsp3) is 0.182. The molecule has 0 saturated heterocycles. The van der Waals surface area contributed by atoms with Crippen molar-refractivity contribution in [3.05, 3.63) is 83.4 Å². The van der Waals surface area contributed by atoms with E-state index >= 15 is 0 Å². The van der Waals surface area contributed by atoms with Crippen molar-refractivity contribution in [3.63, 3.8) is 0 Å². The van der Waals surface area contributed by atoms with Crippen molar-refractivity contribution < 1.29 is 14.7 Å². The monoisotopic (exact) mass is 366 g/mol. The molecule has 0 atom stereocenters. The number of aromatic carboxylic acids is 1. The third-order valence-corrected chi connectivity index (χ3v) is 3.74. The van der Waals surface area contributed by atoms with Crippen molar-refractivity contribution in [1.29, 1.82) is 0 Å². The van der Waals surface area contributed by atoms with E-state index in [9.17, 15) is 14.7 Å². The van der Waals surface area contributed by atoms with Gasteiger partial charge in [0.05, 0.1) is 16.8 Å². The fourth-order valence-corrected chi connectivity index (χ4v) is 2.41. The summed E-state index contributed by atoms with van der Waals surface area (Å²) in [5, 5.41) is 15.1. The lowest BCUT2D eigenvalue weighted by Crippen LogP contribution is -2.22. The number of carbonyl (C=O) groups is 2. The number of hydrogen-bond acceptors (Lipinski definition) is 3. The molecule has 0 unspecified atom stereocenters. The Kier molecular flexibility index (Phi) is 8.53. The van der Waals surface area contributed by atoms with Gasteiger partial charge in [-0.2, -0.15) is 0 Å². The molecule has 2 aromatic carbocycles. The Hall–Kier alpha value is -3.34. The summed E-state index contributed by atoms with van der Waals surface area (Å²) in [6.07, 6.45) is 1.46. The number of benzene rings is 2. The number of rotatable bonds is 6. The SMILES string of the molecule is C=C/C(C(=O)NC)=C(/Nc1ccccc1)c1cc(C(=O)O)ccc1C.CC. The van der Waals surface area contributed by atoms with E-state index in [0.717, 1.165) is 11.3 Å². The predicted octanol–water partition coefficient (Wildman–Crippen LogP) is 4.47. The summed E-state index contributed by atoms with van der Waals surface area (Å²) in [5.74, 6) is -1.34. The Labute approximate surface area is 160 Å². The highest BCUT2D eigenvalue weighted by molar-refractivity contribution is 6.06. The van der Waals surface area contributed by atoms with E-state index in [4.69, 9.17) is 0 Å². The number of anilines is 1. The first-order chi connectivity index (χ1) is 13.0. The summed E-state index contributed by atoms with van der Waals surface area (Å²) >= 11 is 0. The third kappa shape index (κ3) is 5.57. The lowest BCUT2D eigenvalue weighted by Gasteiger charge is -2.17. The maximum Gasteiger partial charge on any atom is 0.335 e. The van der Waals surface area contributed by atoms with Gasteiger partial charge in [0.25, 0.3) is 5.91 Å². The van der Waals surface area contributed by atoms with Crippen LogP contribution in [0.1, 0.15) is 35.3 Å². The van der Waals surface area contributed by atoms with Gasteiger partial charge in [-0.15, -0.1) is 0 Å². The molecule has 1 amide bonds. The molecule has 0 saturated carbocycles. The Morgan fingerprint density at radius 1 is 1.07 bits per heavy atom. The number of hydrogen-bond donors (Lipinski definition) is 3. The molecule has 3 N–H and O–H groups in total. The van der Waals surface area contributed by atoms with Crippen molar-refractivity contribution >= 4 is 23.3 Å². The first-order valence-electron chi connectivity index (χ1n) is 8.73. The molecule has 2 aromatic rings. The van der Waals surface area contributed by atoms with E-state index in [1.165, 1.54) is 19.2 Å². The smallest absolute Gasteiger partial charge is 0.335 e. The Bertz CT molecular complexity index is 840. The van der Waals surface area contributed by atoms with Gasteiger partial charge < -0.3 is 15.7 Å². The second-order valence-electron chi connectivity index (χ2n) is 5.40. The highest BCUT2D eigenvalue weighted by atomic mass is 16.4. The second-order valence-corrected chi connectivity index (χ2v) is 5.40. The minimum absolute atomic E-state index is 0.147. The molecule has 5 nitrogen and oxygen atoms in total. The molecule has 0 aliphatic carbocycles. The number of carbonyl (C=O) groups excluding carboxylic acids is 1. The Balaban J connectivity index is 0.00000176. The molecule has 0 fully saturated rings.